The van der Waals surface area contributed by atoms with Gasteiger partial charge in [0.2, 0.25) is 0 Å². The van der Waals surface area contributed by atoms with Crippen LogP contribution in [-0.4, -0.2) is 26.5 Å². The van der Waals surface area contributed by atoms with E-state index in [9.17, 15) is 12.8 Å². The molecule has 2 unspecified atom stereocenters. The van der Waals surface area contributed by atoms with Crippen LogP contribution in [0.1, 0.15) is 24.9 Å². The Balaban J connectivity index is 2.24. The number of hydrogen-bond donors (Lipinski definition) is 1. The second-order valence-electron chi connectivity index (χ2n) is 4.75. The molecule has 100 valence electrons. The smallest absolute Gasteiger partial charge is 0.150 e. The SMILES string of the molecule is CCNC(c1cccc(F)c1)C1CCS(=O)(=O)C1. The van der Waals surface area contributed by atoms with Gasteiger partial charge in [0.15, 0.2) is 9.84 Å². The van der Waals surface area contributed by atoms with Crippen LogP contribution in [0.5, 0.6) is 0 Å². The van der Waals surface area contributed by atoms with E-state index in [0.717, 1.165) is 12.1 Å². The summed E-state index contributed by atoms with van der Waals surface area (Å²) in [7, 11) is -2.91. The predicted octanol–water partition coefficient (Wildman–Crippen LogP) is 1.91. The Labute approximate surface area is 107 Å². The van der Waals surface area contributed by atoms with E-state index >= 15 is 0 Å². The lowest BCUT2D eigenvalue weighted by molar-refractivity contribution is 0.399. The Kier molecular flexibility index (Phi) is 4.02. The van der Waals surface area contributed by atoms with E-state index in [0.29, 0.717) is 6.42 Å². The zero-order valence-corrected chi connectivity index (χ0v) is 11.2. The van der Waals surface area contributed by atoms with E-state index in [2.05, 4.69) is 5.32 Å². The summed E-state index contributed by atoms with van der Waals surface area (Å²) in [5.41, 5.74) is 0.832. The number of hydrogen-bond acceptors (Lipinski definition) is 3. The summed E-state index contributed by atoms with van der Waals surface area (Å²) in [4.78, 5) is 0. The van der Waals surface area contributed by atoms with Gasteiger partial charge in [-0.05, 0) is 36.6 Å². The van der Waals surface area contributed by atoms with Gasteiger partial charge in [0.1, 0.15) is 5.82 Å². The van der Waals surface area contributed by atoms with Crippen molar-refractivity contribution in [2.45, 2.75) is 19.4 Å². The third-order valence-electron chi connectivity index (χ3n) is 3.37. The summed E-state index contributed by atoms with van der Waals surface area (Å²) >= 11 is 0. The van der Waals surface area contributed by atoms with Crippen molar-refractivity contribution in [3.05, 3.63) is 35.6 Å². The van der Waals surface area contributed by atoms with Crippen LogP contribution >= 0.6 is 0 Å². The number of nitrogens with one attached hydrogen (secondary N) is 1. The number of sulfone groups is 1. The van der Waals surface area contributed by atoms with Crippen molar-refractivity contribution in [1.82, 2.24) is 5.32 Å². The maximum absolute atomic E-state index is 13.3. The Morgan fingerprint density at radius 1 is 1.50 bits per heavy atom. The molecule has 18 heavy (non-hydrogen) atoms. The van der Waals surface area contributed by atoms with Gasteiger partial charge in [-0.15, -0.1) is 0 Å². The van der Waals surface area contributed by atoms with E-state index in [4.69, 9.17) is 0 Å². The number of halogens is 1. The van der Waals surface area contributed by atoms with Crippen LogP contribution < -0.4 is 5.32 Å². The van der Waals surface area contributed by atoms with Crippen molar-refractivity contribution < 1.29 is 12.8 Å². The van der Waals surface area contributed by atoms with Crippen molar-refractivity contribution in [2.75, 3.05) is 18.1 Å². The molecule has 0 aromatic heterocycles. The van der Waals surface area contributed by atoms with Crippen molar-refractivity contribution in [3.8, 4) is 0 Å². The van der Waals surface area contributed by atoms with Gasteiger partial charge in [-0.1, -0.05) is 19.1 Å². The highest BCUT2D eigenvalue weighted by Gasteiger charge is 2.34. The zero-order valence-electron chi connectivity index (χ0n) is 10.4. The Hall–Kier alpha value is -0.940. The van der Waals surface area contributed by atoms with E-state index in [1.807, 2.05) is 13.0 Å². The predicted molar refractivity (Wildman–Crippen MR) is 69.6 cm³/mol. The first-order chi connectivity index (χ1) is 8.52. The maximum atomic E-state index is 13.3. The minimum Gasteiger partial charge on any atom is -0.310 e. The quantitative estimate of drug-likeness (QED) is 0.910. The summed E-state index contributed by atoms with van der Waals surface area (Å²) in [5, 5.41) is 3.27. The van der Waals surface area contributed by atoms with Crippen LogP contribution in [0.15, 0.2) is 24.3 Å². The monoisotopic (exact) mass is 271 g/mol. The van der Waals surface area contributed by atoms with Crippen molar-refractivity contribution in [1.29, 1.82) is 0 Å². The molecule has 1 aliphatic heterocycles. The molecule has 0 bridgehead atoms. The first-order valence-electron chi connectivity index (χ1n) is 6.21. The molecule has 0 amide bonds. The third kappa shape index (κ3) is 3.09. The number of benzene rings is 1. The van der Waals surface area contributed by atoms with Crippen LogP contribution in [0.3, 0.4) is 0 Å². The summed E-state index contributed by atoms with van der Waals surface area (Å²) in [6.45, 7) is 2.70. The highest BCUT2D eigenvalue weighted by atomic mass is 32.2. The summed E-state index contributed by atoms with van der Waals surface area (Å²) in [6, 6.07) is 6.32. The highest BCUT2D eigenvalue weighted by Crippen LogP contribution is 2.31. The zero-order chi connectivity index (χ0) is 13.2. The Bertz CT molecular complexity index is 515. The molecule has 0 aliphatic carbocycles. The topological polar surface area (TPSA) is 46.2 Å². The van der Waals surface area contributed by atoms with E-state index in [1.165, 1.54) is 12.1 Å². The fourth-order valence-corrected chi connectivity index (χ4v) is 4.40. The number of rotatable bonds is 4. The van der Waals surface area contributed by atoms with Gasteiger partial charge in [0, 0.05) is 6.04 Å². The largest absolute Gasteiger partial charge is 0.310 e. The lowest BCUT2D eigenvalue weighted by atomic mass is 9.92. The average molecular weight is 271 g/mol. The molecule has 3 nitrogen and oxygen atoms in total. The molecule has 1 saturated heterocycles. The van der Waals surface area contributed by atoms with Gasteiger partial charge >= 0.3 is 0 Å². The molecule has 1 N–H and O–H groups in total. The lowest BCUT2D eigenvalue weighted by Crippen LogP contribution is -2.29. The lowest BCUT2D eigenvalue weighted by Gasteiger charge is -2.24. The van der Waals surface area contributed by atoms with Crippen molar-refractivity contribution >= 4 is 9.84 Å². The summed E-state index contributed by atoms with van der Waals surface area (Å²) in [5.74, 6) is 0.198. The van der Waals surface area contributed by atoms with Crippen LogP contribution in [0.4, 0.5) is 4.39 Å². The van der Waals surface area contributed by atoms with Crippen molar-refractivity contribution in [2.24, 2.45) is 5.92 Å². The van der Waals surface area contributed by atoms with Crippen LogP contribution in [0, 0.1) is 11.7 Å². The minimum absolute atomic E-state index is 0.0387. The molecule has 1 aromatic rings. The third-order valence-corrected chi connectivity index (χ3v) is 5.16. The second-order valence-corrected chi connectivity index (χ2v) is 6.98. The molecule has 1 heterocycles. The summed E-state index contributed by atoms with van der Waals surface area (Å²) in [6.07, 6.45) is 0.649. The Morgan fingerprint density at radius 3 is 2.83 bits per heavy atom. The van der Waals surface area contributed by atoms with Gasteiger partial charge < -0.3 is 5.32 Å². The fraction of sp³-hybridized carbons (Fsp3) is 0.538. The van der Waals surface area contributed by atoms with Gasteiger partial charge in [0.05, 0.1) is 11.5 Å². The standard InChI is InChI=1S/C13H18FNO2S/c1-2-15-13(10-4-3-5-12(14)8-10)11-6-7-18(16,17)9-11/h3-5,8,11,13,15H,2,6-7,9H2,1H3. The molecule has 2 rings (SSSR count). The molecule has 1 fully saturated rings. The van der Waals surface area contributed by atoms with Gasteiger partial charge in [-0.2, -0.15) is 0 Å². The van der Waals surface area contributed by atoms with E-state index in [-0.39, 0.29) is 29.3 Å². The van der Waals surface area contributed by atoms with Gasteiger partial charge in [-0.3, -0.25) is 0 Å². The molecule has 5 heteroatoms. The Morgan fingerprint density at radius 2 is 2.28 bits per heavy atom. The molecule has 0 radical (unpaired) electrons. The minimum atomic E-state index is -2.91. The van der Waals surface area contributed by atoms with Crippen molar-refractivity contribution in [3.63, 3.8) is 0 Å². The molecule has 2 atom stereocenters. The highest BCUT2D eigenvalue weighted by molar-refractivity contribution is 7.91. The average Bonchev–Trinajstić information content (AvgIpc) is 2.66. The first-order valence-corrected chi connectivity index (χ1v) is 8.03. The van der Waals surface area contributed by atoms with Crippen LogP contribution in [0.2, 0.25) is 0 Å². The normalized spacial score (nSPS) is 24.0. The maximum Gasteiger partial charge on any atom is 0.150 e. The van der Waals surface area contributed by atoms with E-state index < -0.39 is 9.84 Å². The molecular formula is C13H18FNO2S. The molecular weight excluding hydrogens is 253 g/mol. The molecule has 0 saturated carbocycles. The molecule has 1 aromatic carbocycles. The summed E-state index contributed by atoms with van der Waals surface area (Å²) < 4.78 is 36.4. The van der Waals surface area contributed by atoms with Crippen LogP contribution in [0.25, 0.3) is 0 Å². The fourth-order valence-electron chi connectivity index (χ4n) is 2.56. The molecule has 1 aliphatic rings. The van der Waals surface area contributed by atoms with Gasteiger partial charge in [0.25, 0.3) is 0 Å². The second kappa shape index (κ2) is 5.36. The van der Waals surface area contributed by atoms with Crippen LogP contribution in [-0.2, 0) is 9.84 Å². The van der Waals surface area contributed by atoms with E-state index in [1.54, 1.807) is 6.07 Å². The van der Waals surface area contributed by atoms with Gasteiger partial charge in [-0.25, -0.2) is 12.8 Å². The molecule has 0 spiro atoms. The first kappa shape index (κ1) is 13.5.